The lowest BCUT2D eigenvalue weighted by molar-refractivity contribution is -0.138. The average Bonchev–Trinajstić information content (AvgIpc) is 3.11. The van der Waals surface area contributed by atoms with Crippen molar-refractivity contribution in [3.63, 3.8) is 0 Å². The Bertz CT molecular complexity index is 1140. The van der Waals surface area contributed by atoms with Gasteiger partial charge in [-0.2, -0.15) is 0 Å². The molecule has 2 amide bonds. The molecule has 0 unspecified atom stereocenters. The molecule has 0 fully saturated rings. The maximum Gasteiger partial charge on any atom is 0.411 e. The number of ether oxygens (including phenoxy) is 1. The fourth-order valence-corrected chi connectivity index (χ4v) is 3.83. The molecule has 1 aliphatic carbocycles. The molecule has 4 rings (SSSR count). The quantitative estimate of drug-likeness (QED) is 0.542. The number of carboxylic acid groups (broad SMARTS) is 1. The van der Waals surface area contributed by atoms with Gasteiger partial charge in [-0.05, 0) is 47.4 Å². The number of benzene rings is 3. The van der Waals surface area contributed by atoms with Crippen LogP contribution in [0.1, 0.15) is 34.3 Å². The number of rotatable bonds is 6. The average molecular weight is 430 g/mol. The van der Waals surface area contributed by atoms with Gasteiger partial charge in [-0.1, -0.05) is 54.6 Å². The molecule has 32 heavy (non-hydrogen) atoms. The zero-order valence-electron chi connectivity index (χ0n) is 17.4. The lowest BCUT2D eigenvalue weighted by Gasteiger charge is -2.15. The predicted molar refractivity (Wildman–Crippen MR) is 120 cm³/mol. The van der Waals surface area contributed by atoms with E-state index in [-0.39, 0.29) is 18.1 Å². The zero-order chi connectivity index (χ0) is 22.7. The van der Waals surface area contributed by atoms with Crippen LogP contribution in [0.5, 0.6) is 0 Å². The Balaban J connectivity index is 1.41. The molecule has 162 valence electrons. The normalized spacial score (nSPS) is 12.9. The number of nitrogens with one attached hydrogen (secondary N) is 2. The fraction of sp³-hybridized carbons (Fsp3) is 0.160. The van der Waals surface area contributed by atoms with Gasteiger partial charge in [-0.25, -0.2) is 4.79 Å². The Labute approximate surface area is 185 Å². The molecule has 0 aromatic heterocycles. The van der Waals surface area contributed by atoms with E-state index in [0.717, 1.165) is 22.3 Å². The minimum Gasteiger partial charge on any atom is -0.480 e. The highest BCUT2D eigenvalue weighted by molar-refractivity contribution is 5.98. The van der Waals surface area contributed by atoms with Gasteiger partial charge >= 0.3 is 12.1 Å². The monoisotopic (exact) mass is 430 g/mol. The van der Waals surface area contributed by atoms with E-state index in [9.17, 15) is 14.4 Å². The molecule has 1 atom stereocenters. The standard InChI is InChI=1S/C25H22N2O5/c1-15(24(29)30)26-23(28)16-7-6-8-17(13-16)27-25(31)32-14-22-20-11-4-2-9-18(20)19-10-3-5-12-21(19)22/h2-13,15,22H,14H2,1H3,(H,26,28)(H,27,31)(H,29,30)/t15-/m0/s1. The van der Waals surface area contributed by atoms with E-state index < -0.39 is 24.0 Å². The molecule has 0 saturated carbocycles. The SMILES string of the molecule is C[C@H](NC(=O)c1cccc(NC(=O)OCC2c3ccccc3-c3ccccc32)c1)C(=O)O. The number of fused-ring (bicyclic) bond motifs is 3. The van der Waals surface area contributed by atoms with Gasteiger partial charge in [-0.15, -0.1) is 0 Å². The van der Waals surface area contributed by atoms with Crippen molar-refractivity contribution < 1.29 is 24.2 Å². The molecule has 3 N–H and O–H groups in total. The largest absolute Gasteiger partial charge is 0.480 e. The van der Waals surface area contributed by atoms with Crippen LogP contribution in [-0.4, -0.2) is 35.7 Å². The smallest absolute Gasteiger partial charge is 0.411 e. The third-order valence-corrected chi connectivity index (χ3v) is 5.43. The molecular formula is C25H22N2O5. The maximum atomic E-state index is 12.4. The van der Waals surface area contributed by atoms with Crippen LogP contribution in [0, 0.1) is 0 Å². The van der Waals surface area contributed by atoms with Crippen molar-refractivity contribution in [2.75, 3.05) is 11.9 Å². The summed E-state index contributed by atoms with van der Waals surface area (Å²) in [7, 11) is 0. The van der Waals surface area contributed by atoms with Crippen molar-refractivity contribution in [3.8, 4) is 11.1 Å². The molecule has 0 radical (unpaired) electrons. The highest BCUT2D eigenvalue weighted by atomic mass is 16.5. The summed E-state index contributed by atoms with van der Waals surface area (Å²) in [5, 5.41) is 13.9. The van der Waals surface area contributed by atoms with Gasteiger partial charge in [0.2, 0.25) is 0 Å². The van der Waals surface area contributed by atoms with Crippen molar-refractivity contribution in [2.45, 2.75) is 18.9 Å². The van der Waals surface area contributed by atoms with Crippen LogP contribution in [0.2, 0.25) is 0 Å². The Hall–Kier alpha value is -4.13. The highest BCUT2D eigenvalue weighted by Gasteiger charge is 2.29. The minimum absolute atomic E-state index is 0.0530. The number of aliphatic carboxylic acids is 1. The molecule has 3 aromatic carbocycles. The molecule has 0 heterocycles. The molecule has 0 saturated heterocycles. The summed E-state index contributed by atoms with van der Waals surface area (Å²) < 4.78 is 5.51. The Morgan fingerprint density at radius 3 is 2.19 bits per heavy atom. The van der Waals surface area contributed by atoms with Crippen LogP contribution in [-0.2, 0) is 9.53 Å². The van der Waals surface area contributed by atoms with Gasteiger partial charge in [0, 0.05) is 17.2 Å². The Morgan fingerprint density at radius 2 is 1.56 bits per heavy atom. The molecule has 3 aromatic rings. The topological polar surface area (TPSA) is 105 Å². The summed E-state index contributed by atoms with van der Waals surface area (Å²) in [4.78, 5) is 35.6. The zero-order valence-corrected chi connectivity index (χ0v) is 17.4. The lowest BCUT2D eigenvalue weighted by Crippen LogP contribution is -2.38. The van der Waals surface area contributed by atoms with E-state index >= 15 is 0 Å². The maximum absolute atomic E-state index is 12.4. The van der Waals surface area contributed by atoms with E-state index in [2.05, 4.69) is 22.8 Å². The van der Waals surface area contributed by atoms with Crippen LogP contribution in [0.4, 0.5) is 10.5 Å². The number of carbonyl (C=O) groups excluding carboxylic acids is 2. The first-order valence-electron chi connectivity index (χ1n) is 10.2. The number of carbonyl (C=O) groups is 3. The molecule has 7 nitrogen and oxygen atoms in total. The molecule has 7 heteroatoms. The lowest BCUT2D eigenvalue weighted by atomic mass is 9.98. The van der Waals surface area contributed by atoms with E-state index in [1.54, 1.807) is 12.1 Å². The van der Waals surface area contributed by atoms with Gasteiger partial charge < -0.3 is 15.2 Å². The van der Waals surface area contributed by atoms with Crippen LogP contribution < -0.4 is 10.6 Å². The van der Waals surface area contributed by atoms with Crippen LogP contribution >= 0.6 is 0 Å². The predicted octanol–water partition coefficient (Wildman–Crippen LogP) is 4.25. The highest BCUT2D eigenvalue weighted by Crippen LogP contribution is 2.44. The second kappa shape index (κ2) is 8.93. The van der Waals surface area contributed by atoms with Crippen molar-refractivity contribution in [1.29, 1.82) is 0 Å². The first-order valence-corrected chi connectivity index (χ1v) is 10.2. The molecule has 0 aliphatic heterocycles. The molecule has 0 spiro atoms. The second-order valence-electron chi connectivity index (χ2n) is 7.56. The van der Waals surface area contributed by atoms with Crippen LogP contribution in [0.25, 0.3) is 11.1 Å². The molecular weight excluding hydrogens is 408 g/mol. The van der Waals surface area contributed by atoms with Gasteiger partial charge in [0.05, 0.1) is 0 Å². The summed E-state index contributed by atoms with van der Waals surface area (Å²) in [6.07, 6.45) is -0.636. The van der Waals surface area contributed by atoms with Crippen molar-refractivity contribution >= 4 is 23.7 Å². The first kappa shape index (κ1) is 21.1. The third kappa shape index (κ3) is 4.32. The summed E-state index contributed by atoms with van der Waals surface area (Å²) in [6, 6.07) is 21.3. The number of carboxylic acids is 1. The van der Waals surface area contributed by atoms with Crippen molar-refractivity contribution in [2.24, 2.45) is 0 Å². The Morgan fingerprint density at radius 1 is 0.938 bits per heavy atom. The number of anilines is 1. The summed E-state index contributed by atoms with van der Waals surface area (Å²) in [5.74, 6) is -1.73. The summed E-state index contributed by atoms with van der Waals surface area (Å²) in [6.45, 7) is 1.55. The fourth-order valence-electron chi connectivity index (χ4n) is 3.83. The van der Waals surface area contributed by atoms with E-state index in [1.807, 2.05) is 36.4 Å². The van der Waals surface area contributed by atoms with E-state index in [0.29, 0.717) is 5.69 Å². The second-order valence-corrected chi connectivity index (χ2v) is 7.56. The van der Waals surface area contributed by atoms with Gasteiger partial charge in [-0.3, -0.25) is 14.9 Å². The number of hydrogen-bond donors (Lipinski definition) is 3. The minimum atomic E-state index is -1.13. The Kier molecular flexibility index (Phi) is 5.89. The van der Waals surface area contributed by atoms with E-state index in [4.69, 9.17) is 9.84 Å². The number of amides is 2. The summed E-state index contributed by atoms with van der Waals surface area (Å²) in [5.41, 5.74) is 5.13. The van der Waals surface area contributed by atoms with Crippen LogP contribution in [0.3, 0.4) is 0 Å². The van der Waals surface area contributed by atoms with Crippen molar-refractivity contribution in [3.05, 3.63) is 89.5 Å². The molecule has 1 aliphatic rings. The van der Waals surface area contributed by atoms with E-state index in [1.165, 1.54) is 19.1 Å². The van der Waals surface area contributed by atoms with Gasteiger partial charge in [0.25, 0.3) is 5.91 Å². The first-order chi connectivity index (χ1) is 15.4. The summed E-state index contributed by atoms with van der Waals surface area (Å²) >= 11 is 0. The van der Waals surface area contributed by atoms with Crippen molar-refractivity contribution in [1.82, 2.24) is 5.32 Å². The van der Waals surface area contributed by atoms with Crippen LogP contribution in [0.15, 0.2) is 72.8 Å². The van der Waals surface area contributed by atoms with Gasteiger partial charge in [0.1, 0.15) is 12.6 Å². The molecule has 0 bridgehead atoms. The van der Waals surface area contributed by atoms with Gasteiger partial charge in [0.15, 0.2) is 0 Å². The third-order valence-electron chi connectivity index (χ3n) is 5.43. The number of hydrogen-bond acceptors (Lipinski definition) is 4.